The fraction of sp³-hybridized carbons (Fsp3) is 0.562. The number of anilines is 1. The number of aryl methyl sites for hydroxylation is 1. The largest absolute Gasteiger partial charge is 0.360 e. The first-order valence-corrected chi connectivity index (χ1v) is 8.78. The number of carbonyl (C=O) groups is 1. The van der Waals surface area contributed by atoms with Crippen LogP contribution in [0.1, 0.15) is 43.4 Å². The molecule has 2 N–H and O–H groups in total. The minimum atomic E-state index is 0.0469. The van der Waals surface area contributed by atoms with Crippen molar-refractivity contribution in [1.29, 1.82) is 0 Å². The molecule has 6 heteroatoms. The van der Waals surface area contributed by atoms with E-state index in [1.165, 1.54) is 30.6 Å². The lowest BCUT2D eigenvalue weighted by atomic mass is 10.1. The molecule has 2 heterocycles. The van der Waals surface area contributed by atoms with Crippen molar-refractivity contribution < 1.29 is 4.79 Å². The van der Waals surface area contributed by atoms with E-state index < -0.39 is 0 Å². The van der Waals surface area contributed by atoms with E-state index in [2.05, 4.69) is 33.6 Å². The molecule has 0 unspecified atom stereocenters. The molecule has 0 aliphatic heterocycles. The predicted molar refractivity (Wildman–Crippen MR) is 90.3 cm³/mol. The fourth-order valence-electron chi connectivity index (χ4n) is 2.98. The van der Waals surface area contributed by atoms with E-state index in [-0.39, 0.29) is 12.5 Å². The first kappa shape index (κ1) is 15.2. The van der Waals surface area contributed by atoms with Crippen molar-refractivity contribution in [2.24, 2.45) is 0 Å². The second-order valence-corrected chi connectivity index (χ2v) is 7.14. The maximum Gasteiger partial charge on any atom is 0.239 e. The van der Waals surface area contributed by atoms with Gasteiger partial charge in [0.2, 0.25) is 5.91 Å². The number of hydrogen-bond donors (Lipinski definition) is 2. The second-order valence-electron chi connectivity index (χ2n) is 5.91. The van der Waals surface area contributed by atoms with Gasteiger partial charge in [-0.15, -0.1) is 11.3 Å². The van der Waals surface area contributed by atoms with Crippen LogP contribution in [0.5, 0.6) is 0 Å². The summed E-state index contributed by atoms with van der Waals surface area (Å²) in [4.78, 5) is 22.8. The van der Waals surface area contributed by atoms with Crippen molar-refractivity contribution in [2.75, 3.05) is 11.9 Å². The number of amides is 1. The highest BCUT2D eigenvalue weighted by atomic mass is 32.1. The zero-order valence-corrected chi connectivity index (χ0v) is 13.7. The zero-order valence-electron chi connectivity index (χ0n) is 12.9. The molecule has 118 valence electrons. The van der Waals surface area contributed by atoms with Crippen molar-refractivity contribution >= 4 is 33.3 Å². The normalized spacial score (nSPS) is 16.4. The molecular formula is C16H22N4OS. The third kappa shape index (κ3) is 3.74. The van der Waals surface area contributed by atoms with Gasteiger partial charge in [-0.3, -0.25) is 4.79 Å². The van der Waals surface area contributed by atoms with Gasteiger partial charge in [-0.05, 0) is 25.8 Å². The zero-order chi connectivity index (χ0) is 15.4. The number of carbonyl (C=O) groups excluding carboxylic acids is 1. The summed E-state index contributed by atoms with van der Waals surface area (Å²) in [6, 6.07) is 2.40. The van der Waals surface area contributed by atoms with Crippen LogP contribution in [0.4, 0.5) is 5.82 Å². The van der Waals surface area contributed by atoms with E-state index >= 15 is 0 Å². The van der Waals surface area contributed by atoms with Crippen LogP contribution in [0.2, 0.25) is 0 Å². The van der Waals surface area contributed by atoms with Crippen molar-refractivity contribution in [1.82, 2.24) is 15.3 Å². The van der Waals surface area contributed by atoms with Gasteiger partial charge >= 0.3 is 0 Å². The molecule has 22 heavy (non-hydrogen) atoms. The van der Waals surface area contributed by atoms with Gasteiger partial charge in [0.1, 0.15) is 17.0 Å². The molecule has 1 saturated carbocycles. The van der Waals surface area contributed by atoms with Gasteiger partial charge in [0.05, 0.1) is 11.9 Å². The SMILES string of the molecule is Cc1cc2c(NCC(=O)NC3CCCCCC3)ncnc2s1. The Morgan fingerprint density at radius 3 is 2.82 bits per heavy atom. The number of hydrogen-bond acceptors (Lipinski definition) is 5. The number of nitrogens with zero attached hydrogens (tertiary/aromatic N) is 2. The van der Waals surface area contributed by atoms with Gasteiger partial charge in [-0.25, -0.2) is 9.97 Å². The molecule has 0 aromatic carbocycles. The topological polar surface area (TPSA) is 66.9 Å². The molecule has 1 aliphatic rings. The van der Waals surface area contributed by atoms with E-state index in [1.807, 2.05) is 0 Å². The molecule has 1 amide bonds. The summed E-state index contributed by atoms with van der Waals surface area (Å²) in [6.07, 6.45) is 8.78. The van der Waals surface area contributed by atoms with Crippen molar-refractivity contribution in [3.63, 3.8) is 0 Å². The van der Waals surface area contributed by atoms with Crippen LogP contribution in [0.3, 0.4) is 0 Å². The summed E-state index contributed by atoms with van der Waals surface area (Å²) in [7, 11) is 0. The monoisotopic (exact) mass is 318 g/mol. The van der Waals surface area contributed by atoms with Crippen LogP contribution < -0.4 is 10.6 Å². The smallest absolute Gasteiger partial charge is 0.239 e. The molecule has 3 rings (SSSR count). The highest BCUT2D eigenvalue weighted by Gasteiger charge is 2.15. The molecule has 1 fully saturated rings. The van der Waals surface area contributed by atoms with Crippen LogP contribution >= 0.6 is 11.3 Å². The third-order valence-corrected chi connectivity index (χ3v) is 5.05. The minimum absolute atomic E-state index is 0.0469. The molecule has 2 aromatic rings. The van der Waals surface area contributed by atoms with Gasteiger partial charge in [0, 0.05) is 10.9 Å². The Kier molecular flexibility index (Phi) is 4.87. The first-order valence-electron chi connectivity index (χ1n) is 7.97. The number of nitrogens with one attached hydrogen (secondary N) is 2. The Labute approximate surface area is 134 Å². The molecule has 0 radical (unpaired) electrons. The van der Waals surface area contributed by atoms with Gasteiger partial charge in [-0.1, -0.05) is 25.7 Å². The second kappa shape index (κ2) is 7.05. The molecule has 0 bridgehead atoms. The lowest BCUT2D eigenvalue weighted by Crippen LogP contribution is -2.38. The van der Waals surface area contributed by atoms with Crippen LogP contribution in [-0.2, 0) is 4.79 Å². The Bertz CT molecular complexity index is 647. The van der Waals surface area contributed by atoms with Crippen LogP contribution in [0, 0.1) is 6.92 Å². The Balaban J connectivity index is 1.57. The summed E-state index contributed by atoms with van der Waals surface area (Å²) in [6.45, 7) is 2.31. The lowest BCUT2D eigenvalue weighted by molar-refractivity contribution is -0.120. The standard InChI is InChI=1S/C16H22N4OS/c1-11-8-13-15(18-10-19-16(13)22-11)17-9-14(21)20-12-6-4-2-3-5-7-12/h8,10,12H,2-7,9H2,1H3,(H,20,21)(H,17,18,19). The molecule has 1 aliphatic carbocycles. The maximum absolute atomic E-state index is 12.1. The van der Waals surface area contributed by atoms with Gasteiger partial charge in [-0.2, -0.15) is 0 Å². The average molecular weight is 318 g/mol. The van der Waals surface area contributed by atoms with Gasteiger partial charge in [0.15, 0.2) is 0 Å². The summed E-state index contributed by atoms with van der Waals surface area (Å²) < 4.78 is 0. The van der Waals surface area contributed by atoms with Gasteiger partial charge < -0.3 is 10.6 Å². The fourth-order valence-corrected chi connectivity index (χ4v) is 3.83. The van der Waals surface area contributed by atoms with Crippen LogP contribution in [-0.4, -0.2) is 28.5 Å². The first-order chi connectivity index (χ1) is 10.7. The highest BCUT2D eigenvalue weighted by Crippen LogP contribution is 2.27. The van der Waals surface area contributed by atoms with Crippen molar-refractivity contribution in [3.05, 3.63) is 17.3 Å². The number of fused-ring (bicyclic) bond motifs is 1. The quantitative estimate of drug-likeness (QED) is 0.849. The molecule has 0 atom stereocenters. The van der Waals surface area contributed by atoms with Crippen LogP contribution in [0.25, 0.3) is 10.2 Å². The maximum atomic E-state index is 12.1. The van der Waals surface area contributed by atoms with Gasteiger partial charge in [0.25, 0.3) is 0 Å². The van der Waals surface area contributed by atoms with E-state index in [1.54, 1.807) is 17.7 Å². The Morgan fingerprint density at radius 2 is 2.05 bits per heavy atom. The molecule has 5 nitrogen and oxygen atoms in total. The number of rotatable bonds is 4. The van der Waals surface area contributed by atoms with Crippen molar-refractivity contribution in [2.45, 2.75) is 51.5 Å². The Morgan fingerprint density at radius 1 is 1.27 bits per heavy atom. The van der Waals surface area contributed by atoms with E-state index in [0.717, 1.165) is 28.9 Å². The summed E-state index contributed by atoms with van der Waals surface area (Å²) >= 11 is 1.64. The Hall–Kier alpha value is -1.69. The lowest BCUT2D eigenvalue weighted by Gasteiger charge is -2.16. The predicted octanol–water partition coefficient (Wildman–Crippen LogP) is 3.25. The molecular weight excluding hydrogens is 296 g/mol. The summed E-state index contributed by atoms with van der Waals surface area (Å²) in [5.41, 5.74) is 0. The third-order valence-electron chi connectivity index (χ3n) is 4.09. The van der Waals surface area contributed by atoms with E-state index in [0.29, 0.717) is 6.04 Å². The molecule has 0 saturated heterocycles. The summed E-state index contributed by atoms with van der Waals surface area (Å²) in [5.74, 6) is 0.788. The number of thiophene rings is 1. The van der Waals surface area contributed by atoms with Crippen molar-refractivity contribution in [3.8, 4) is 0 Å². The molecule has 2 aromatic heterocycles. The molecule has 0 spiro atoms. The summed E-state index contributed by atoms with van der Waals surface area (Å²) in [5, 5.41) is 7.28. The number of aromatic nitrogens is 2. The van der Waals surface area contributed by atoms with E-state index in [4.69, 9.17) is 0 Å². The highest BCUT2D eigenvalue weighted by molar-refractivity contribution is 7.18. The van der Waals surface area contributed by atoms with E-state index in [9.17, 15) is 4.79 Å². The minimum Gasteiger partial charge on any atom is -0.360 e. The average Bonchev–Trinajstić information content (AvgIpc) is 2.70. The van der Waals surface area contributed by atoms with Crippen LogP contribution in [0.15, 0.2) is 12.4 Å².